The van der Waals surface area contributed by atoms with E-state index in [4.69, 9.17) is 5.73 Å². The summed E-state index contributed by atoms with van der Waals surface area (Å²) < 4.78 is 0. The minimum atomic E-state index is 0.331. The van der Waals surface area contributed by atoms with Crippen LogP contribution in [-0.4, -0.2) is 38.2 Å². The van der Waals surface area contributed by atoms with E-state index < -0.39 is 0 Å². The zero-order valence-electron chi connectivity index (χ0n) is 14.8. The number of H-pyrrole nitrogens is 1. The number of aromatic amines is 1. The van der Waals surface area contributed by atoms with Gasteiger partial charge in [0.25, 0.3) is 0 Å². The molecule has 1 aliphatic rings. The molecule has 3 N–H and O–H groups in total. The Morgan fingerprint density at radius 1 is 1.00 bits per heavy atom. The maximum Gasteiger partial charge on any atom is 0.219 e. The maximum absolute atomic E-state index is 5.56. The van der Waals surface area contributed by atoms with E-state index in [0.717, 1.165) is 44.5 Å². The number of piperidine rings is 1. The summed E-state index contributed by atoms with van der Waals surface area (Å²) in [5.41, 5.74) is 10.6. The summed E-state index contributed by atoms with van der Waals surface area (Å²) in [4.78, 5) is 10.6. The average molecular weight is 348 g/mol. The van der Waals surface area contributed by atoms with Crippen molar-refractivity contribution < 1.29 is 0 Å². The molecule has 0 bridgehead atoms. The van der Waals surface area contributed by atoms with Crippen LogP contribution in [0.5, 0.6) is 0 Å². The first-order valence-corrected chi connectivity index (χ1v) is 9.13. The molecule has 0 unspecified atom stereocenters. The number of anilines is 1. The Labute approximate surface area is 153 Å². The van der Waals surface area contributed by atoms with Gasteiger partial charge in [-0.1, -0.05) is 30.3 Å². The number of nitrogens with zero attached hydrogens (tertiary/aromatic N) is 4. The molecule has 0 spiro atoms. The van der Waals surface area contributed by atoms with Gasteiger partial charge in [0.1, 0.15) is 0 Å². The lowest BCUT2D eigenvalue weighted by molar-refractivity contribution is 0.202. The first-order chi connectivity index (χ1) is 12.8. The monoisotopic (exact) mass is 348 g/mol. The number of nitrogens with two attached hydrogens (primary N) is 1. The van der Waals surface area contributed by atoms with Crippen LogP contribution in [0.4, 0.5) is 5.95 Å². The summed E-state index contributed by atoms with van der Waals surface area (Å²) in [5, 5.41) is 7.59. The van der Waals surface area contributed by atoms with E-state index in [1.807, 2.05) is 18.6 Å². The third kappa shape index (κ3) is 3.91. The summed E-state index contributed by atoms with van der Waals surface area (Å²) >= 11 is 0. The third-order valence-electron chi connectivity index (χ3n) is 5.12. The molecule has 1 aliphatic heterocycles. The van der Waals surface area contributed by atoms with E-state index in [1.165, 1.54) is 16.8 Å². The zero-order valence-corrected chi connectivity index (χ0v) is 14.8. The Hall–Kier alpha value is -2.73. The van der Waals surface area contributed by atoms with E-state index >= 15 is 0 Å². The summed E-state index contributed by atoms with van der Waals surface area (Å²) in [5.74, 6) is 0.882. The van der Waals surface area contributed by atoms with Crippen LogP contribution in [0.3, 0.4) is 0 Å². The molecule has 134 valence electrons. The van der Waals surface area contributed by atoms with Crippen LogP contribution in [0, 0.1) is 0 Å². The molecule has 1 fully saturated rings. The predicted octanol–water partition coefficient (Wildman–Crippen LogP) is 2.75. The van der Waals surface area contributed by atoms with Crippen LogP contribution in [0.15, 0.2) is 48.9 Å². The van der Waals surface area contributed by atoms with Crippen LogP contribution in [0.1, 0.15) is 41.1 Å². The average Bonchev–Trinajstić information content (AvgIpc) is 3.13. The molecule has 1 saturated heterocycles. The Morgan fingerprint density at radius 2 is 1.73 bits per heavy atom. The normalized spacial score (nSPS) is 16.0. The number of likely N-dealkylation sites (tertiary alicyclic amines) is 1. The third-order valence-corrected chi connectivity index (χ3v) is 5.12. The lowest BCUT2D eigenvalue weighted by atomic mass is 9.89. The van der Waals surface area contributed by atoms with E-state index in [9.17, 15) is 0 Å². The summed E-state index contributed by atoms with van der Waals surface area (Å²) in [6.07, 6.45) is 8.85. The van der Waals surface area contributed by atoms with Gasteiger partial charge in [-0.3, -0.25) is 10.00 Å². The number of aromatic nitrogens is 4. The Morgan fingerprint density at radius 3 is 2.46 bits per heavy atom. The largest absolute Gasteiger partial charge is 0.368 e. The highest BCUT2D eigenvalue weighted by Gasteiger charge is 2.24. The topological polar surface area (TPSA) is 83.7 Å². The molecule has 6 nitrogen and oxygen atoms in total. The summed E-state index contributed by atoms with van der Waals surface area (Å²) in [7, 11) is 0. The van der Waals surface area contributed by atoms with Crippen molar-refractivity contribution in [2.24, 2.45) is 0 Å². The van der Waals surface area contributed by atoms with Gasteiger partial charge < -0.3 is 5.73 Å². The molecule has 0 atom stereocenters. The highest BCUT2D eigenvalue weighted by atomic mass is 15.1. The molecule has 0 radical (unpaired) electrons. The fourth-order valence-corrected chi connectivity index (χ4v) is 3.72. The molecule has 26 heavy (non-hydrogen) atoms. The molecular formula is C20H24N6. The molecule has 3 heterocycles. The lowest BCUT2D eigenvalue weighted by Crippen LogP contribution is -2.32. The van der Waals surface area contributed by atoms with Crippen molar-refractivity contribution in [3.05, 3.63) is 71.3 Å². The molecule has 4 rings (SSSR count). The van der Waals surface area contributed by atoms with Crippen LogP contribution in [0.25, 0.3) is 0 Å². The van der Waals surface area contributed by atoms with Gasteiger partial charge in [-0.2, -0.15) is 5.10 Å². The fourth-order valence-electron chi connectivity index (χ4n) is 3.72. The minimum absolute atomic E-state index is 0.331. The Kier molecular flexibility index (Phi) is 4.93. The van der Waals surface area contributed by atoms with Crippen LogP contribution >= 0.6 is 0 Å². The van der Waals surface area contributed by atoms with Gasteiger partial charge >= 0.3 is 0 Å². The number of rotatable bonds is 5. The van der Waals surface area contributed by atoms with Crippen molar-refractivity contribution in [2.75, 3.05) is 18.8 Å². The first kappa shape index (κ1) is 16.7. The van der Waals surface area contributed by atoms with Crippen molar-refractivity contribution in [2.45, 2.75) is 31.7 Å². The van der Waals surface area contributed by atoms with E-state index in [0.29, 0.717) is 11.9 Å². The number of nitrogen functional groups attached to an aromatic ring is 1. The SMILES string of the molecule is Nc1ncc(CN2CCC(c3[nH]ncc3Cc3ccccc3)CC2)cn1. The highest BCUT2D eigenvalue weighted by Crippen LogP contribution is 2.30. The van der Waals surface area contributed by atoms with Crippen molar-refractivity contribution in [3.8, 4) is 0 Å². The number of nitrogens with one attached hydrogen (secondary N) is 1. The summed E-state index contributed by atoms with van der Waals surface area (Å²) in [6, 6.07) is 10.6. The van der Waals surface area contributed by atoms with Crippen LogP contribution in [-0.2, 0) is 13.0 Å². The van der Waals surface area contributed by atoms with Crippen molar-refractivity contribution >= 4 is 5.95 Å². The Bertz CT molecular complexity index is 819. The molecule has 3 aromatic rings. The number of benzene rings is 1. The molecule has 6 heteroatoms. The van der Waals surface area contributed by atoms with Gasteiger partial charge in [-0.25, -0.2) is 9.97 Å². The molecule has 0 aliphatic carbocycles. The fraction of sp³-hybridized carbons (Fsp3) is 0.350. The van der Waals surface area contributed by atoms with E-state index in [2.05, 4.69) is 55.4 Å². The zero-order chi connectivity index (χ0) is 17.8. The van der Waals surface area contributed by atoms with E-state index in [-0.39, 0.29) is 0 Å². The van der Waals surface area contributed by atoms with Gasteiger partial charge in [0, 0.05) is 42.5 Å². The first-order valence-electron chi connectivity index (χ1n) is 9.13. The van der Waals surface area contributed by atoms with Gasteiger partial charge in [-0.15, -0.1) is 0 Å². The van der Waals surface area contributed by atoms with Gasteiger partial charge in [-0.05, 0) is 37.1 Å². The van der Waals surface area contributed by atoms with Crippen molar-refractivity contribution in [1.29, 1.82) is 0 Å². The molecule has 2 aromatic heterocycles. The molecule has 1 aromatic carbocycles. The van der Waals surface area contributed by atoms with Crippen LogP contribution < -0.4 is 5.73 Å². The predicted molar refractivity (Wildman–Crippen MR) is 102 cm³/mol. The number of hydrogen-bond acceptors (Lipinski definition) is 5. The van der Waals surface area contributed by atoms with Crippen molar-refractivity contribution in [3.63, 3.8) is 0 Å². The second kappa shape index (κ2) is 7.66. The van der Waals surface area contributed by atoms with E-state index in [1.54, 1.807) is 0 Å². The second-order valence-electron chi connectivity index (χ2n) is 6.97. The van der Waals surface area contributed by atoms with Gasteiger partial charge in [0.15, 0.2) is 0 Å². The molecule has 0 saturated carbocycles. The lowest BCUT2D eigenvalue weighted by Gasteiger charge is -2.31. The molecule has 0 amide bonds. The summed E-state index contributed by atoms with van der Waals surface area (Å²) in [6.45, 7) is 3.02. The maximum atomic E-state index is 5.56. The van der Waals surface area contributed by atoms with Crippen LogP contribution in [0.2, 0.25) is 0 Å². The molecular weight excluding hydrogens is 324 g/mol. The smallest absolute Gasteiger partial charge is 0.219 e. The Balaban J connectivity index is 1.36. The standard InChI is InChI=1S/C20H24N6/c21-20-22-11-16(12-23-20)14-26-8-6-17(7-9-26)19-18(13-24-25-19)10-15-4-2-1-3-5-15/h1-5,11-13,17H,6-10,14H2,(H,24,25)(H2,21,22,23). The highest BCUT2D eigenvalue weighted by molar-refractivity contribution is 5.29. The quantitative estimate of drug-likeness (QED) is 0.741. The van der Waals surface area contributed by atoms with Crippen molar-refractivity contribution in [1.82, 2.24) is 25.1 Å². The van der Waals surface area contributed by atoms with Gasteiger partial charge in [0.2, 0.25) is 5.95 Å². The minimum Gasteiger partial charge on any atom is -0.368 e. The number of hydrogen-bond donors (Lipinski definition) is 2. The van der Waals surface area contributed by atoms with Gasteiger partial charge in [0.05, 0.1) is 6.20 Å². The second-order valence-corrected chi connectivity index (χ2v) is 6.97.